The van der Waals surface area contributed by atoms with Gasteiger partial charge in [-0.15, -0.1) is 0 Å². The van der Waals surface area contributed by atoms with Crippen molar-refractivity contribution in [2.24, 2.45) is 0 Å². The molecule has 1 aliphatic heterocycles. The predicted octanol–water partition coefficient (Wildman–Crippen LogP) is 3.53. The van der Waals surface area contributed by atoms with E-state index in [-0.39, 0.29) is 18.1 Å². The van der Waals surface area contributed by atoms with Gasteiger partial charge in [0.1, 0.15) is 24.7 Å². The average molecular weight is 337 g/mol. The first-order valence-electron chi connectivity index (χ1n) is 7.95. The molecule has 0 atom stereocenters. The summed E-state index contributed by atoms with van der Waals surface area (Å²) >= 11 is 0. The molecule has 0 spiro atoms. The minimum Gasteiger partial charge on any atom is -0.488 e. The molecule has 1 aliphatic rings. The number of carbonyl (C=O) groups excluding carboxylic acids is 1. The zero-order valence-corrected chi connectivity index (χ0v) is 13.6. The van der Waals surface area contributed by atoms with Crippen LogP contribution in [-0.2, 0) is 17.9 Å². The zero-order chi connectivity index (χ0) is 17.4. The first kappa shape index (κ1) is 15.4. The van der Waals surface area contributed by atoms with Gasteiger partial charge in [0.25, 0.3) is 0 Å². The highest BCUT2D eigenvalue weighted by Crippen LogP contribution is 2.37. The van der Waals surface area contributed by atoms with Crippen molar-refractivity contribution >= 4 is 11.6 Å². The fourth-order valence-corrected chi connectivity index (χ4v) is 2.96. The SMILES string of the molecule is Cc1ccc2c(c1)-c1c(cnn1CC(=O)Nc1ccccc1F)CO2. The fourth-order valence-electron chi connectivity index (χ4n) is 2.96. The van der Waals surface area contributed by atoms with Crippen LogP contribution in [0.2, 0.25) is 0 Å². The molecule has 0 saturated heterocycles. The number of halogens is 1. The Balaban J connectivity index is 1.62. The van der Waals surface area contributed by atoms with Crippen LogP contribution in [0.15, 0.2) is 48.7 Å². The third-order valence-corrected chi connectivity index (χ3v) is 4.13. The Labute approximate surface area is 144 Å². The second-order valence-electron chi connectivity index (χ2n) is 5.99. The van der Waals surface area contributed by atoms with E-state index in [9.17, 15) is 9.18 Å². The summed E-state index contributed by atoms with van der Waals surface area (Å²) in [5.41, 5.74) is 3.97. The van der Waals surface area contributed by atoms with Gasteiger partial charge in [0.15, 0.2) is 0 Å². The molecule has 126 valence electrons. The van der Waals surface area contributed by atoms with E-state index >= 15 is 0 Å². The maximum absolute atomic E-state index is 13.7. The number of hydrogen-bond acceptors (Lipinski definition) is 3. The lowest BCUT2D eigenvalue weighted by Crippen LogP contribution is -2.21. The molecule has 0 fully saturated rings. The van der Waals surface area contributed by atoms with Gasteiger partial charge in [-0.3, -0.25) is 9.48 Å². The monoisotopic (exact) mass is 337 g/mol. The molecule has 3 aromatic rings. The highest BCUT2D eigenvalue weighted by Gasteiger charge is 2.23. The van der Waals surface area contributed by atoms with Crippen LogP contribution in [0.3, 0.4) is 0 Å². The Hall–Kier alpha value is -3.15. The second kappa shape index (κ2) is 6.05. The van der Waals surface area contributed by atoms with Crippen molar-refractivity contribution in [1.82, 2.24) is 9.78 Å². The number of aromatic nitrogens is 2. The first-order valence-corrected chi connectivity index (χ1v) is 7.95. The molecule has 0 radical (unpaired) electrons. The summed E-state index contributed by atoms with van der Waals surface area (Å²) in [7, 11) is 0. The molecule has 5 nitrogen and oxygen atoms in total. The largest absolute Gasteiger partial charge is 0.488 e. The van der Waals surface area contributed by atoms with Gasteiger partial charge in [-0.2, -0.15) is 5.10 Å². The number of amides is 1. The van der Waals surface area contributed by atoms with Crippen molar-refractivity contribution in [3.8, 4) is 17.0 Å². The number of fused-ring (bicyclic) bond motifs is 3. The Morgan fingerprint density at radius 1 is 1.32 bits per heavy atom. The quantitative estimate of drug-likeness (QED) is 0.795. The zero-order valence-electron chi connectivity index (χ0n) is 13.6. The summed E-state index contributed by atoms with van der Waals surface area (Å²) in [4.78, 5) is 12.3. The smallest absolute Gasteiger partial charge is 0.246 e. The molecule has 4 rings (SSSR count). The number of carbonyl (C=O) groups is 1. The molecule has 2 heterocycles. The third kappa shape index (κ3) is 2.87. The van der Waals surface area contributed by atoms with Crippen LogP contribution in [0.25, 0.3) is 11.3 Å². The van der Waals surface area contributed by atoms with E-state index in [0.29, 0.717) is 6.61 Å². The number of anilines is 1. The average Bonchev–Trinajstić information content (AvgIpc) is 3.00. The van der Waals surface area contributed by atoms with Gasteiger partial charge >= 0.3 is 0 Å². The molecule has 2 aromatic carbocycles. The number of hydrogen-bond donors (Lipinski definition) is 1. The van der Waals surface area contributed by atoms with Gasteiger partial charge in [-0.25, -0.2) is 4.39 Å². The maximum Gasteiger partial charge on any atom is 0.246 e. The molecule has 0 unspecified atom stereocenters. The second-order valence-corrected chi connectivity index (χ2v) is 5.99. The number of rotatable bonds is 3. The minimum absolute atomic E-state index is 0.00293. The fraction of sp³-hybridized carbons (Fsp3) is 0.158. The van der Waals surface area contributed by atoms with Crippen LogP contribution in [-0.4, -0.2) is 15.7 Å². The molecule has 25 heavy (non-hydrogen) atoms. The molecular weight excluding hydrogens is 321 g/mol. The summed E-state index contributed by atoms with van der Waals surface area (Å²) in [6.07, 6.45) is 1.71. The Morgan fingerprint density at radius 2 is 2.16 bits per heavy atom. The van der Waals surface area contributed by atoms with E-state index in [1.807, 2.05) is 25.1 Å². The van der Waals surface area contributed by atoms with Crippen LogP contribution in [0, 0.1) is 12.7 Å². The van der Waals surface area contributed by atoms with E-state index in [2.05, 4.69) is 10.4 Å². The third-order valence-electron chi connectivity index (χ3n) is 4.13. The van der Waals surface area contributed by atoms with Gasteiger partial charge in [0.2, 0.25) is 5.91 Å². The van der Waals surface area contributed by atoms with Gasteiger partial charge in [0.05, 0.1) is 17.6 Å². The molecule has 0 bridgehead atoms. The van der Waals surface area contributed by atoms with E-state index in [4.69, 9.17) is 4.74 Å². The Morgan fingerprint density at radius 3 is 3.00 bits per heavy atom. The summed E-state index contributed by atoms with van der Waals surface area (Å²) in [5.74, 6) is -0.0289. The van der Waals surface area contributed by atoms with Crippen LogP contribution < -0.4 is 10.1 Å². The molecule has 6 heteroatoms. The lowest BCUT2D eigenvalue weighted by atomic mass is 10.0. The lowest BCUT2D eigenvalue weighted by molar-refractivity contribution is -0.116. The predicted molar refractivity (Wildman–Crippen MR) is 91.8 cm³/mol. The van der Waals surface area contributed by atoms with Gasteiger partial charge in [-0.05, 0) is 31.2 Å². The molecule has 0 aliphatic carbocycles. The maximum atomic E-state index is 13.7. The molecular formula is C19H16FN3O2. The van der Waals surface area contributed by atoms with Gasteiger partial charge in [0, 0.05) is 11.1 Å². The first-order chi connectivity index (χ1) is 12.1. The van der Waals surface area contributed by atoms with Crippen LogP contribution in [0.1, 0.15) is 11.1 Å². The van der Waals surface area contributed by atoms with Crippen molar-refractivity contribution < 1.29 is 13.9 Å². The van der Waals surface area contributed by atoms with Crippen molar-refractivity contribution in [3.05, 3.63) is 65.6 Å². The number of ether oxygens (including phenoxy) is 1. The molecule has 1 N–H and O–H groups in total. The lowest BCUT2D eigenvalue weighted by Gasteiger charge is -2.19. The van der Waals surface area contributed by atoms with Crippen LogP contribution in [0.4, 0.5) is 10.1 Å². The number of benzene rings is 2. The van der Waals surface area contributed by atoms with E-state index in [1.54, 1.807) is 23.0 Å². The summed E-state index contributed by atoms with van der Waals surface area (Å²) in [6, 6.07) is 12.0. The Bertz CT molecular complexity index is 965. The normalized spacial score (nSPS) is 12.1. The number of nitrogens with zero attached hydrogens (tertiary/aromatic N) is 2. The van der Waals surface area contributed by atoms with E-state index < -0.39 is 5.82 Å². The standard InChI is InChI=1S/C19H16FN3O2/c1-12-6-7-17-14(8-12)19-13(11-25-17)9-21-23(19)10-18(24)22-16-5-3-2-4-15(16)20/h2-9H,10-11H2,1H3,(H,22,24). The minimum atomic E-state index is -0.465. The summed E-state index contributed by atoms with van der Waals surface area (Å²) < 4.78 is 21.1. The Kier molecular flexibility index (Phi) is 3.72. The van der Waals surface area contributed by atoms with Crippen molar-refractivity contribution in [2.75, 3.05) is 5.32 Å². The van der Waals surface area contributed by atoms with Crippen molar-refractivity contribution in [3.63, 3.8) is 0 Å². The van der Waals surface area contributed by atoms with Gasteiger partial charge < -0.3 is 10.1 Å². The topological polar surface area (TPSA) is 56.2 Å². The highest BCUT2D eigenvalue weighted by atomic mass is 19.1. The number of aryl methyl sites for hydroxylation is 1. The van der Waals surface area contributed by atoms with Crippen LogP contribution in [0.5, 0.6) is 5.75 Å². The summed E-state index contributed by atoms with van der Waals surface area (Å²) in [5, 5.41) is 6.90. The summed E-state index contributed by atoms with van der Waals surface area (Å²) in [6.45, 7) is 2.41. The van der Waals surface area contributed by atoms with Crippen molar-refractivity contribution in [2.45, 2.75) is 20.1 Å². The molecule has 1 aromatic heterocycles. The molecule has 0 saturated carbocycles. The van der Waals surface area contributed by atoms with E-state index in [1.165, 1.54) is 12.1 Å². The van der Waals surface area contributed by atoms with E-state index in [0.717, 1.165) is 28.1 Å². The van der Waals surface area contributed by atoms with Crippen molar-refractivity contribution in [1.29, 1.82) is 0 Å². The molecule has 1 amide bonds. The van der Waals surface area contributed by atoms with Gasteiger partial charge in [-0.1, -0.05) is 23.8 Å². The highest BCUT2D eigenvalue weighted by molar-refractivity contribution is 5.91. The number of para-hydroxylation sites is 1. The van der Waals surface area contributed by atoms with Crippen LogP contribution >= 0.6 is 0 Å². The number of nitrogens with one attached hydrogen (secondary N) is 1.